The first-order valence-corrected chi connectivity index (χ1v) is 15.3. The van der Waals surface area contributed by atoms with Gasteiger partial charge in [-0.1, -0.05) is 60.7 Å². The molecule has 2 aromatic rings. The van der Waals surface area contributed by atoms with Crippen molar-refractivity contribution < 1.29 is 22.4 Å². The van der Waals surface area contributed by atoms with E-state index >= 15 is 0 Å². The second kappa shape index (κ2) is 13.6. The van der Waals surface area contributed by atoms with Gasteiger partial charge in [0.2, 0.25) is 21.8 Å². The van der Waals surface area contributed by atoms with E-state index in [2.05, 4.69) is 5.32 Å². The van der Waals surface area contributed by atoms with Crippen LogP contribution in [0.15, 0.2) is 42.5 Å². The van der Waals surface area contributed by atoms with Gasteiger partial charge >= 0.3 is 0 Å². The number of rotatable bonds is 11. The van der Waals surface area contributed by atoms with E-state index in [-0.39, 0.29) is 49.5 Å². The predicted molar refractivity (Wildman–Crippen MR) is 149 cm³/mol. The number of hydrogen-bond acceptors (Lipinski definition) is 4. The molecule has 2 amide bonds. The zero-order valence-corrected chi connectivity index (χ0v) is 24.0. The summed E-state index contributed by atoms with van der Waals surface area (Å²) in [5.41, 5.74) is 0.629. The topological polar surface area (TPSA) is 86.8 Å². The molecule has 208 valence electrons. The molecule has 0 spiro atoms. The second-order valence-electron chi connectivity index (χ2n) is 9.68. The molecule has 0 bridgehead atoms. The third-order valence-electron chi connectivity index (χ3n) is 6.73. The Kier molecular flexibility index (Phi) is 10.8. The summed E-state index contributed by atoms with van der Waals surface area (Å²) in [6, 6.07) is 9.94. The minimum Gasteiger partial charge on any atom is -0.352 e. The SMILES string of the molecule is C[C@H](C(=O)NC1CCCCC1)N(Cc1ccc(Cl)c(Cl)c1)C(=O)CCCN(c1ccccc1F)S(C)(=O)=O. The lowest BCUT2D eigenvalue weighted by molar-refractivity contribution is -0.141. The molecule has 1 N–H and O–H groups in total. The number of para-hydroxylation sites is 1. The quantitative estimate of drug-likeness (QED) is 0.375. The van der Waals surface area contributed by atoms with Crippen molar-refractivity contribution >= 4 is 50.7 Å². The molecule has 1 fully saturated rings. The van der Waals surface area contributed by atoms with Gasteiger partial charge in [0, 0.05) is 25.6 Å². The first kappa shape index (κ1) is 30.2. The molecule has 1 saturated carbocycles. The van der Waals surface area contributed by atoms with Crippen LogP contribution in [0.2, 0.25) is 10.0 Å². The maximum absolute atomic E-state index is 14.3. The molecule has 3 rings (SSSR count). The third kappa shape index (κ3) is 8.32. The van der Waals surface area contributed by atoms with Crippen molar-refractivity contribution in [2.75, 3.05) is 17.1 Å². The number of halogens is 3. The van der Waals surface area contributed by atoms with Gasteiger partial charge in [-0.3, -0.25) is 13.9 Å². The molecule has 11 heteroatoms. The van der Waals surface area contributed by atoms with Crippen LogP contribution in [-0.4, -0.2) is 50.0 Å². The van der Waals surface area contributed by atoms with Crippen LogP contribution in [-0.2, 0) is 26.2 Å². The summed E-state index contributed by atoms with van der Waals surface area (Å²) < 4.78 is 40.0. The van der Waals surface area contributed by atoms with Gasteiger partial charge in [0.15, 0.2) is 0 Å². The number of sulfonamides is 1. The molecule has 1 aliphatic rings. The zero-order chi connectivity index (χ0) is 27.9. The Morgan fingerprint density at radius 1 is 1.08 bits per heavy atom. The van der Waals surface area contributed by atoms with E-state index in [1.165, 1.54) is 23.1 Å². The average Bonchev–Trinajstić information content (AvgIpc) is 2.87. The Hall–Kier alpha value is -2.36. The summed E-state index contributed by atoms with van der Waals surface area (Å²) in [4.78, 5) is 28.0. The number of hydrogen-bond donors (Lipinski definition) is 1. The van der Waals surface area contributed by atoms with Crippen LogP contribution in [0.3, 0.4) is 0 Å². The second-order valence-corrected chi connectivity index (χ2v) is 12.4. The summed E-state index contributed by atoms with van der Waals surface area (Å²) in [5.74, 6) is -1.24. The van der Waals surface area contributed by atoms with Gasteiger partial charge in [-0.25, -0.2) is 12.8 Å². The van der Waals surface area contributed by atoms with E-state index in [1.54, 1.807) is 31.2 Å². The third-order valence-corrected chi connectivity index (χ3v) is 8.65. The predicted octanol–water partition coefficient (Wildman–Crippen LogP) is 5.54. The number of amides is 2. The minimum atomic E-state index is -3.79. The normalized spacial score (nSPS) is 15.1. The summed E-state index contributed by atoms with van der Waals surface area (Å²) in [6.45, 7) is 1.71. The molecular formula is C27H34Cl2FN3O4S. The van der Waals surface area contributed by atoms with Crippen LogP contribution < -0.4 is 9.62 Å². The lowest BCUT2D eigenvalue weighted by atomic mass is 9.95. The first-order chi connectivity index (χ1) is 18.0. The number of carbonyl (C=O) groups excluding carboxylic acids is 2. The molecule has 1 atom stereocenters. The zero-order valence-electron chi connectivity index (χ0n) is 21.6. The van der Waals surface area contributed by atoms with Gasteiger partial charge < -0.3 is 10.2 Å². The molecule has 0 unspecified atom stereocenters. The maximum Gasteiger partial charge on any atom is 0.242 e. The van der Waals surface area contributed by atoms with E-state index in [1.807, 2.05) is 0 Å². The number of benzene rings is 2. The smallest absolute Gasteiger partial charge is 0.242 e. The van der Waals surface area contributed by atoms with Crippen molar-refractivity contribution in [2.24, 2.45) is 0 Å². The lowest BCUT2D eigenvalue weighted by Crippen LogP contribution is -2.50. The molecule has 1 aliphatic carbocycles. The molecule has 0 heterocycles. The molecule has 2 aromatic carbocycles. The Morgan fingerprint density at radius 3 is 2.39 bits per heavy atom. The van der Waals surface area contributed by atoms with Crippen LogP contribution >= 0.6 is 23.2 Å². The minimum absolute atomic E-state index is 0.0388. The van der Waals surface area contributed by atoms with Gasteiger partial charge in [0.1, 0.15) is 11.9 Å². The number of anilines is 1. The number of carbonyl (C=O) groups is 2. The van der Waals surface area contributed by atoms with Gasteiger partial charge in [0.25, 0.3) is 0 Å². The average molecular weight is 587 g/mol. The molecule has 0 saturated heterocycles. The number of nitrogens with one attached hydrogen (secondary N) is 1. The van der Waals surface area contributed by atoms with E-state index < -0.39 is 21.9 Å². The molecule has 0 aromatic heterocycles. The van der Waals surface area contributed by atoms with Crippen molar-refractivity contribution in [3.8, 4) is 0 Å². The van der Waals surface area contributed by atoms with Gasteiger partial charge in [-0.2, -0.15) is 0 Å². The standard InChI is InChI=1S/C27H34Cl2FN3O4S/c1-19(27(35)31-21-9-4-3-5-10-21)32(18-20-14-15-22(28)23(29)17-20)26(34)13-8-16-33(38(2,36)37)25-12-7-6-11-24(25)30/h6-7,11-12,14-15,17,19,21H,3-5,8-10,13,16,18H2,1-2H3,(H,31,35)/t19-/m1/s1. The van der Waals surface area contributed by atoms with Crippen molar-refractivity contribution in [1.29, 1.82) is 0 Å². The number of nitrogens with zero attached hydrogens (tertiary/aromatic N) is 2. The molecule has 38 heavy (non-hydrogen) atoms. The fourth-order valence-electron chi connectivity index (χ4n) is 4.62. The molecule has 0 aliphatic heterocycles. The highest BCUT2D eigenvalue weighted by Crippen LogP contribution is 2.25. The fraction of sp³-hybridized carbons (Fsp3) is 0.481. The largest absolute Gasteiger partial charge is 0.352 e. The molecule has 0 radical (unpaired) electrons. The van der Waals surface area contributed by atoms with Crippen molar-refractivity contribution in [1.82, 2.24) is 10.2 Å². The van der Waals surface area contributed by atoms with Crippen LogP contribution in [0.25, 0.3) is 0 Å². The van der Waals surface area contributed by atoms with Crippen LogP contribution in [0.4, 0.5) is 10.1 Å². The van der Waals surface area contributed by atoms with E-state index in [9.17, 15) is 22.4 Å². The highest BCUT2D eigenvalue weighted by Gasteiger charge is 2.29. The summed E-state index contributed by atoms with van der Waals surface area (Å²) in [6.07, 6.45) is 6.19. The van der Waals surface area contributed by atoms with Crippen LogP contribution in [0.1, 0.15) is 57.4 Å². The van der Waals surface area contributed by atoms with Crippen molar-refractivity contribution in [3.63, 3.8) is 0 Å². The monoisotopic (exact) mass is 585 g/mol. The van der Waals surface area contributed by atoms with Crippen LogP contribution in [0.5, 0.6) is 0 Å². The molecular weight excluding hydrogens is 552 g/mol. The van der Waals surface area contributed by atoms with E-state index in [0.717, 1.165) is 42.7 Å². The van der Waals surface area contributed by atoms with Gasteiger partial charge in [0.05, 0.1) is 22.0 Å². The highest BCUT2D eigenvalue weighted by molar-refractivity contribution is 7.92. The van der Waals surface area contributed by atoms with Gasteiger partial charge in [-0.05, 0) is 56.0 Å². The summed E-state index contributed by atoms with van der Waals surface area (Å²) in [5, 5.41) is 3.79. The molecule has 7 nitrogen and oxygen atoms in total. The first-order valence-electron chi connectivity index (χ1n) is 12.7. The Labute approximate surface area is 234 Å². The van der Waals surface area contributed by atoms with E-state index in [4.69, 9.17) is 23.2 Å². The van der Waals surface area contributed by atoms with Crippen LogP contribution in [0, 0.1) is 5.82 Å². The van der Waals surface area contributed by atoms with Crippen molar-refractivity contribution in [2.45, 2.75) is 70.5 Å². The maximum atomic E-state index is 14.3. The Bertz CT molecular complexity index is 1240. The highest BCUT2D eigenvalue weighted by atomic mass is 35.5. The summed E-state index contributed by atoms with van der Waals surface area (Å²) >= 11 is 12.2. The van der Waals surface area contributed by atoms with E-state index in [0.29, 0.717) is 15.6 Å². The van der Waals surface area contributed by atoms with Gasteiger partial charge in [-0.15, -0.1) is 0 Å². The Morgan fingerprint density at radius 2 is 1.76 bits per heavy atom. The fourth-order valence-corrected chi connectivity index (χ4v) is 5.91. The summed E-state index contributed by atoms with van der Waals surface area (Å²) in [7, 11) is -3.79. The van der Waals surface area contributed by atoms with Crippen molar-refractivity contribution in [3.05, 3.63) is 63.9 Å². The lowest BCUT2D eigenvalue weighted by Gasteiger charge is -2.31. The Balaban J connectivity index is 1.74.